The van der Waals surface area contributed by atoms with Gasteiger partial charge in [0.15, 0.2) is 0 Å². The summed E-state index contributed by atoms with van der Waals surface area (Å²) in [6, 6.07) is 8.65. The monoisotopic (exact) mass is 217 g/mol. The van der Waals surface area contributed by atoms with Crippen LogP contribution >= 0.6 is 0 Å². The third-order valence-corrected chi connectivity index (χ3v) is 3.16. The lowest BCUT2D eigenvalue weighted by atomic mass is 9.92. The molecule has 2 nitrogen and oxygen atoms in total. The molecule has 0 aliphatic heterocycles. The van der Waals surface area contributed by atoms with E-state index in [1.807, 2.05) is 18.2 Å². The van der Waals surface area contributed by atoms with Crippen molar-refractivity contribution in [2.45, 2.75) is 31.7 Å². The topological polar surface area (TPSA) is 21.3 Å². The minimum Gasteiger partial charge on any atom is -0.495 e. The summed E-state index contributed by atoms with van der Waals surface area (Å²) in [7, 11) is 1.71. The van der Waals surface area contributed by atoms with E-state index in [2.05, 4.69) is 18.0 Å². The second-order valence-corrected chi connectivity index (χ2v) is 4.37. The molecule has 1 fully saturated rings. The molecule has 0 radical (unpaired) electrons. The van der Waals surface area contributed by atoms with Crippen LogP contribution < -0.4 is 10.1 Å². The van der Waals surface area contributed by atoms with Crippen molar-refractivity contribution < 1.29 is 4.74 Å². The molecule has 0 spiro atoms. The number of benzene rings is 1. The Hall–Kier alpha value is -1.44. The summed E-state index contributed by atoms with van der Waals surface area (Å²) in [6.07, 6.45) is 4.65. The fourth-order valence-corrected chi connectivity index (χ4v) is 2.15. The van der Waals surface area contributed by atoms with E-state index in [1.54, 1.807) is 7.11 Å². The molecule has 2 heteroatoms. The van der Waals surface area contributed by atoms with Gasteiger partial charge in [0.25, 0.3) is 0 Å². The van der Waals surface area contributed by atoms with E-state index >= 15 is 0 Å². The lowest BCUT2D eigenvalue weighted by Gasteiger charge is -2.26. The molecule has 1 aromatic carbocycles. The van der Waals surface area contributed by atoms with Crippen LogP contribution in [0.25, 0.3) is 0 Å². The van der Waals surface area contributed by atoms with Crippen molar-refractivity contribution in [1.82, 2.24) is 0 Å². The Morgan fingerprint density at radius 3 is 2.62 bits per heavy atom. The number of ether oxygens (including phenoxy) is 1. The minimum atomic E-state index is 0.557. The van der Waals surface area contributed by atoms with E-state index in [-0.39, 0.29) is 0 Å². The zero-order valence-electron chi connectivity index (χ0n) is 9.83. The molecule has 0 bridgehead atoms. The van der Waals surface area contributed by atoms with Crippen LogP contribution in [-0.2, 0) is 0 Å². The molecule has 1 aliphatic carbocycles. The van der Waals surface area contributed by atoms with E-state index in [0.717, 1.165) is 24.3 Å². The molecule has 0 aromatic heterocycles. The Kier molecular flexibility index (Phi) is 3.50. The summed E-state index contributed by atoms with van der Waals surface area (Å²) in [5.41, 5.74) is 2.49. The second kappa shape index (κ2) is 5.06. The van der Waals surface area contributed by atoms with Crippen LogP contribution in [0.5, 0.6) is 5.75 Å². The van der Waals surface area contributed by atoms with Gasteiger partial charge in [-0.05, 0) is 37.8 Å². The van der Waals surface area contributed by atoms with Crippen LogP contribution in [0.4, 0.5) is 5.69 Å². The van der Waals surface area contributed by atoms with Gasteiger partial charge in [-0.3, -0.25) is 0 Å². The fourth-order valence-electron chi connectivity index (χ4n) is 2.15. The zero-order chi connectivity index (χ0) is 11.4. The summed E-state index contributed by atoms with van der Waals surface area (Å²) in [5.74, 6) is 0.923. The van der Waals surface area contributed by atoms with Crippen LogP contribution in [0.3, 0.4) is 0 Å². The summed E-state index contributed by atoms with van der Waals surface area (Å²) in [4.78, 5) is 0. The molecule has 1 aliphatic rings. The van der Waals surface area contributed by atoms with Crippen LogP contribution in [0.2, 0.25) is 0 Å². The molecule has 1 aromatic rings. The molecule has 0 heterocycles. The largest absolute Gasteiger partial charge is 0.495 e. The Balaban J connectivity index is 2.00. The summed E-state index contributed by atoms with van der Waals surface area (Å²) >= 11 is 0. The Morgan fingerprint density at radius 2 is 1.94 bits per heavy atom. The molecule has 1 N–H and O–H groups in total. The summed E-state index contributed by atoms with van der Waals surface area (Å²) in [6.45, 7) is 4.04. The molecule has 0 saturated heterocycles. The van der Waals surface area contributed by atoms with Crippen molar-refractivity contribution in [3.8, 4) is 5.75 Å². The Labute approximate surface area is 97.3 Å². The lowest BCUT2D eigenvalue weighted by Crippen LogP contribution is -2.23. The highest BCUT2D eigenvalue weighted by Crippen LogP contribution is 2.29. The third kappa shape index (κ3) is 2.57. The summed E-state index contributed by atoms with van der Waals surface area (Å²) < 4.78 is 5.33. The Morgan fingerprint density at radius 1 is 1.25 bits per heavy atom. The van der Waals surface area contributed by atoms with Crippen LogP contribution in [0.1, 0.15) is 25.7 Å². The van der Waals surface area contributed by atoms with Gasteiger partial charge in [0, 0.05) is 6.04 Å². The van der Waals surface area contributed by atoms with Gasteiger partial charge < -0.3 is 10.1 Å². The lowest BCUT2D eigenvalue weighted by molar-refractivity contribution is 0.415. The van der Waals surface area contributed by atoms with Crippen molar-refractivity contribution >= 4 is 5.69 Å². The fraction of sp³-hybridized carbons (Fsp3) is 0.429. The van der Waals surface area contributed by atoms with Crippen molar-refractivity contribution in [3.05, 3.63) is 36.4 Å². The zero-order valence-corrected chi connectivity index (χ0v) is 9.83. The highest BCUT2D eigenvalue weighted by Gasteiger charge is 2.16. The number of hydrogen-bond acceptors (Lipinski definition) is 2. The molecule has 86 valence electrons. The van der Waals surface area contributed by atoms with Gasteiger partial charge in [0.05, 0.1) is 12.8 Å². The Bertz CT molecular complexity index is 363. The predicted molar refractivity (Wildman–Crippen MR) is 68.0 cm³/mol. The first-order chi connectivity index (χ1) is 7.79. The van der Waals surface area contributed by atoms with E-state index in [1.165, 1.54) is 18.4 Å². The van der Waals surface area contributed by atoms with Gasteiger partial charge >= 0.3 is 0 Å². The smallest absolute Gasteiger partial charge is 0.141 e. The first-order valence-electron chi connectivity index (χ1n) is 5.86. The number of anilines is 1. The number of nitrogens with one attached hydrogen (secondary N) is 1. The minimum absolute atomic E-state index is 0.557. The molecule has 16 heavy (non-hydrogen) atoms. The number of hydrogen-bond donors (Lipinski definition) is 1. The molecule has 0 amide bonds. The van der Waals surface area contributed by atoms with E-state index < -0.39 is 0 Å². The normalized spacial score (nSPS) is 17.2. The highest BCUT2D eigenvalue weighted by atomic mass is 16.5. The standard InChI is InChI=1S/C14H19NO/c1-11-7-9-12(10-8-11)15-13-5-3-4-6-14(13)16-2/h3-6,12,15H,1,7-10H2,2H3. The van der Waals surface area contributed by atoms with Crippen molar-refractivity contribution in [2.75, 3.05) is 12.4 Å². The van der Waals surface area contributed by atoms with Crippen LogP contribution in [0.15, 0.2) is 36.4 Å². The number of methoxy groups -OCH3 is 1. The number of rotatable bonds is 3. The van der Waals surface area contributed by atoms with Crippen molar-refractivity contribution in [3.63, 3.8) is 0 Å². The number of allylic oxidation sites excluding steroid dienone is 1. The maximum atomic E-state index is 5.33. The first kappa shape index (κ1) is 11.1. The second-order valence-electron chi connectivity index (χ2n) is 4.37. The SMILES string of the molecule is C=C1CCC(Nc2ccccc2OC)CC1. The molecule has 0 unspecified atom stereocenters. The van der Waals surface area contributed by atoms with Gasteiger partial charge in [-0.2, -0.15) is 0 Å². The third-order valence-electron chi connectivity index (χ3n) is 3.16. The average Bonchev–Trinajstić information content (AvgIpc) is 2.33. The van der Waals surface area contributed by atoms with Gasteiger partial charge in [0.1, 0.15) is 5.75 Å². The van der Waals surface area contributed by atoms with Gasteiger partial charge in [-0.25, -0.2) is 0 Å². The number of para-hydroxylation sites is 2. The quantitative estimate of drug-likeness (QED) is 0.781. The van der Waals surface area contributed by atoms with E-state index in [4.69, 9.17) is 4.74 Å². The molecule has 2 rings (SSSR count). The molecule has 0 atom stereocenters. The van der Waals surface area contributed by atoms with Crippen molar-refractivity contribution in [1.29, 1.82) is 0 Å². The first-order valence-corrected chi connectivity index (χ1v) is 5.86. The van der Waals surface area contributed by atoms with E-state index in [0.29, 0.717) is 6.04 Å². The van der Waals surface area contributed by atoms with E-state index in [9.17, 15) is 0 Å². The van der Waals surface area contributed by atoms with Gasteiger partial charge in [0.2, 0.25) is 0 Å². The molecular weight excluding hydrogens is 198 g/mol. The highest BCUT2D eigenvalue weighted by molar-refractivity contribution is 5.56. The molecule has 1 saturated carbocycles. The van der Waals surface area contributed by atoms with Gasteiger partial charge in [-0.1, -0.05) is 24.3 Å². The molecular formula is C14H19NO. The average molecular weight is 217 g/mol. The van der Waals surface area contributed by atoms with Gasteiger partial charge in [-0.15, -0.1) is 0 Å². The van der Waals surface area contributed by atoms with Crippen molar-refractivity contribution in [2.24, 2.45) is 0 Å². The van der Waals surface area contributed by atoms with Crippen LogP contribution in [-0.4, -0.2) is 13.2 Å². The summed E-state index contributed by atoms with van der Waals surface area (Å²) in [5, 5.41) is 3.55. The maximum absolute atomic E-state index is 5.33. The van der Waals surface area contributed by atoms with Crippen LogP contribution in [0, 0.1) is 0 Å². The predicted octanol–water partition coefficient (Wildman–Crippen LogP) is 3.61. The maximum Gasteiger partial charge on any atom is 0.141 e.